The van der Waals surface area contributed by atoms with Gasteiger partial charge in [-0.15, -0.1) is 0 Å². The van der Waals surface area contributed by atoms with Crippen LogP contribution in [-0.2, 0) is 0 Å². The van der Waals surface area contributed by atoms with Crippen LogP contribution in [0.4, 0.5) is 17.2 Å². The highest BCUT2D eigenvalue weighted by molar-refractivity contribution is 6.05. The fourth-order valence-corrected chi connectivity index (χ4v) is 2.62. The fraction of sp³-hybridized carbons (Fsp3) is 0.182. The van der Waals surface area contributed by atoms with Crippen LogP contribution < -0.4 is 15.0 Å². The number of carbonyl (C=O) groups excluding carboxylic acids is 1. The summed E-state index contributed by atoms with van der Waals surface area (Å²) >= 11 is 0. The number of carbonyl (C=O) groups is 1. The molecule has 5 heteroatoms. The molecule has 3 rings (SSSR count). The Balaban J connectivity index is 1.74. The Morgan fingerprint density at radius 3 is 2.37 bits per heavy atom. The van der Waals surface area contributed by atoms with Gasteiger partial charge in [-0.05, 0) is 50.2 Å². The lowest BCUT2D eigenvalue weighted by atomic mass is 10.2. The second-order valence-electron chi connectivity index (χ2n) is 6.42. The van der Waals surface area contributed by atoms with Crippen molar-refractivity contribution in [2.45, 2.75) is 20.0 Å². The molecule has 1 amide bonds. The Hall–Kier alpha value is -3.34. The lowest BCUT2D eigenvalue weighted by Gasteiger charge is -2.17. The molecule has 5 nitrogen and oxygen atoms in total. The van der Waals surface area contributed by atoms with Crippen LogP contribution in [0.3, 0.4) is 0 Å². The van der Waals surface area contributed by atoms with E-state index in [-0.39, 0.29) is 12.0 Å². The monoisotopic (exact) mass is 361 g/mol. The first-order valence-electron chi connectivity index (χ1n) is 8.86. The number of para-hydroxylation sites is 3. The molecule has 1 aromatic heterocycles. The third-order valence-corrected chi connectivity index (χ3v) is 3.97. The van der Waals surface area contributed by atoms with Crippen molar-refractivity contribution in [1.82, 2.24) is 4.98 Å². The summed E-state index contributed by atoms with van der Waals surface area (Å²) < 4.78 is 5.81. The van der Waals surface area contributed by atoms with Gasteiger partial charge in [0.1, 0.15) is 11.6 Å². The Labute approximate surface area is 159 Å². The van der Waals surface area contributed by atoms with Crippen LogP contribution in [0.15, 0.2) is 72.9 Å². The Morgan fingerprint density at radius 1 is 1.00 bits per heavy atom. The van der Waals surface area contributed by atoms with E-state index in [1.165, 1.54) is 0 Å². The highest BCUT2D eigenvalue weighted by Crippen LogP contribution is 2.27. The maximum Gasteiger partial charge on any atom is 0.259 e. The minimum atomic E-state index is -0.108. The Morgan fingerprint density at radius 2 is 1.70 bits per heavy atom. The summed E-state index contributed by atoms with van der Waals surface area (Å²) in [5.74, 6) is 1.30. The van der Waals surface area contributed by atoms with Crippen LogP contribution >= 0.6 is 0 Å². The number of benzene rings is 2. The lowest BCUT2D eigenvalue weighted by Crippen LogP contribution is -2.26. The SMILES string of the molecule is CC(C)Oc1ccccc1Nc1ccc(C(=O)N(C)c2ccccc2)cn1. The summed E-state index contributed by atoms with van der Waals surface area (Å²) in [4.78, 5) is 18.6. The van der Waals surface area contributed by atoms with Gasteiger partial charge < -0.3 is 15.0 Å². The van der Waals surface area contributed by atoms with E-state index in [0.29, 0.717) is 11.4 Å². The second kappa shape index (κ2) is 8.36. The maximum absolute atomic E-state index is 12.6. The summed E-state index contributed by atoms with van der Waals surface area (Å²) in [6, 6.07) is 20.8. The molecular weight excluding hydrogens is 338 g/mol. The molecule has 1 N–H and O–H groups in total. The van der Waals surface area contributed by atoms with Crippen LogP contribution in [0.1, 0.15) is 24.2 Å². The second-order valence-corrected chi connectivity index (χ2v) is 6.42. The van der Waals surface area contributed by atoms with Crippen molar-refractivity contribution in [3.63, 3.8) is 0 Å². The van der Waals surface area contributed by atoms with Crippen molar-refractivity contribution in [3.05, 3.63) is 78.5 Å². The topological polar surface area (TPSA) is 54.5 Å². The molecular formula is C22H23N3O2. The number of ether oxygens (including phenoxy) is 1. The number of pyridine rings is 1. The average Bonchev–Trinajstić information content (AvgIpc) is 2.69. The van der Waals surface area contributed by atoms with Gasteiger partial charge in [0.05, 0.1) is 17.4 Å². The van der Waals surface area contributed by atoms with Gasteiger partial charge in [0.2, 0.25) is 0 Å². The van der Waals surface area contributed by atoms with Crippen molar-refractivity contribution in [1.29, 1.82) is 0 Å². The maximum atomic E-state index is 12.6. The number of rotatable bonds is 6. The number of nitrogens with one attached hydrogen (secondary N) is 1. The summed E-state index contributed by atoms with van der Waals surface area (Å²) in [6.07, 6.45) is 1.66. The molecule has 0 aliphatic rings. The molecule has 0 unspecified atom stereocenters. The van der Waals surface area contributed by atoms with E-state index in [0.717, 1.165) is 17.1 Å². The molecule has 27 heavy (non-hydrogen) atoms. The quantitative estimate of drug-likeness (QED) is 0.679. The molecule has 0 bridgehead atoms. The van der Waals surface area contributed by atoms with Crippen LogP contribution in [0.25, 0.3) is 0 Å². The van der Waals surface area contributed by atoms with E-state index in [1.807, 2.05) is 68.4 Å². The van der Waals surface area contributed by atoms with E-state index in [2.05, 4.69) is 10.3 Å². The minimum absolute atomic E-state index is 0.0782. The van der Waals surface area contributed by atoms with Crippen LogP contribution in [-0.4, -0.2) is 24.0 Å². The van der Waals surface area contributed by atoms with E-state index >= 15 is 0 Å². The summed E-state index contributed by atoms with van der Waals surface area (Å²) in [6.45, 7) is 3.97. The zero-order valence-corrected chi connectivity index (χ0v) is 15.7. The van der Waals surface area contributed by atoms with Crippen molar-refractivity contribution in [2.24, 2.45) is 0 Å². The third kappa shape index (κ3) is 4.64. The number of amides is 1. The molecule has 0 spiro atoms. The first-order chi connectivity index (χ1) is 13.0. The fourth-order valence-electron chi connectivity index (χ4n) is 2.62. The highest BCUT2D eigenvalue weighted by Gasteiger charge is 2.14. The first-order valence-corrected chi connectivity index (χ1v) is 8.86. The molecule has 0 saturated carbocycles. The van der Waals surface area contributed by atoms with Gasteiger partial charge in [0.25, 0.3) is 5.91 Å². The minimum Gasteiger partial charge on any atom is -0.489 e. The van der Waals surface area contributed by atoms with Gasteiger partial charge in [0.15, 0.2) is 0 Å². The molecule has 138 valence electrons. The summed E-state index contributed by atoms with van der Waals surface area (Å²) in [5, 5.41) is 3.24. The van der Waals surface area contributed by atoms with E-state index < -0.39 is 0 Å². The average molecular weight is 361 g/mol. The normalized spacial score (nSPS) is 10.5. The van der Waals surface area contributed by atoms with Crippen molar-refractivity contribution in [2.75, 3.05) is 17.3 Å². The first kappa shape index (κ1) is 18.5. The lowest BCUT2D eigenvalue weighted by molar-refractivity contribution is 0.0992. The summed E-state index contributed by atoms with van der Waals surface area (Å²) in [5.41, 5.74) is 2.20. The molecule has 0 aliphatic heterocycles. The molecule has 0 saturated heterocycles. The van der Waals surface area contributed by atoms with Crippen LogP contribution in [0, 0.1) is 0 Å². The molecule has 2 aromatic carbocycles. The molecule has 3 aromatic rings. The zero-order chi connectivity index (χ0) is 19.2. The van der Waals surface area contributed by atoms with Gasteiger partial charge in [-0.25, -0.2) is 4.98 Å². The number of nitrogens with zero attached hydrogens (tertiary/aromatic N) is 2. The predicted octanol–water partition coefficient (Wildman–Crippen LogP) is 4.89. The van der Waals surface area contributed by atoms with E-state index in [1.54, 1.807) is 30.3 Å². The van der Waals surface area contributed by atoms with Crippen molar-refractivity contribution < 1.29 is 9.53 Å². The summed E-state index contributed by atoms with van der Waals surface area (Å²) in [7, 11) is 1.75. The molecule has 0 fully saturated rings. The van der Waals surface area contributed by atoms with Gasteiger partial charge in [-0.3, -0.25) is 4.79 Å². The van der Waals surface area contributed by atoms with E-state index in [9.17, 15) is 4.79 Å². The van der Waals surface area contributed by atoms with Crippen LogP contribution in [0.2, 0.25) is 0 Å². The van der Waals surface area contributed by atoms with Gasteiger partial charge >= 0.3 is 0 Å². The van der Waals surface area contributed by atoms with Crippen LogP contribution in [0.5, 0.6) is 5.75 Å². The largest absolute Gasteiger partial charge is 0.489 e. The molecule has 0 atom stereocenters. The highest BCUT2D eigenvalue weighted by atomic mass is 16.5. The number of hydrogen-bond acceptors (Lipinski definition) is 4. The predicted molar refractivity (Wildman–Crippen MR) is 109 cm³/mol. The van der Waals surface area contributed by atoms with Crippen molar-refractivity contribution >= 4 is 23.1 Å². The number of hydrogen-bond donors (Lipinski definition) is 1. The Kier molecular flexibility index (Phi) is 5.71. The van der Waals surface area contributed by atoms with Gasteiger partial charge in [-0.1, -0.05) is 30.3 Å². The zero-order valence-electron chi connectivity index (χ0n) is 15.7. The van der Waals surface area contributed by atoms with Gasteiger partial charge in [-0.2, -0.15) is 0 Å². The number of aromatic nitrogens is 1. The Bertz CT molecular complexity index is 893. The number of anilines is 3. The van der Waals surface area contributed by atoms with Gasteiger partial charge in [0, 0.05) is 18.9 Å². The molecule has 0 aliphatic carbocycles. The molecule has 1 heterocycles. The smallest absolute Gasteiger partial charge is 0.259 e. The third-order valence-electron chi connectivity index (χ3n) is 3.97. The van der Waals surface area contributed by atoms with Crippen molar-refractivity contribution in [3.8, 4) is 5.75 Å². The van der Waals surface area contributed by atoms with E-state index in [4.69, 9.17) is 4.74 Å². The standard InChI is InChI=1S/C22H23N3O2/c1-16(2)27-20-12-8-7-11-19(20)24-21-14-13-17(15-23-21)22(26)25(3)18-9-5-4-6-10-18/h4-16H,1-3H3,(H,23,24). The molecule has 0 radical (unpaired) electrons.